The normalized spacial score (nSPS) is 15.7. The molecular weight excluding hydrogens is 308 g/mol. The molecule has 0 amide bonds. The Morgan fingerprint density at radius 3 is 1.21 bits per heavy atom. The van der Waals surface area contributed by atoms with Crippen molar-refractivity contribution in [3.05, 3.63) is 12.2 Å². The monoisotopic (exact) mass is 342 g/mol. The molecule has 0 rings (SSSR count). The minimum atomic E-state index is -0.673. The van der Waals surface area contributed by atoms with Crippen LogP contribution in [0.5, 0.6) is 0 Å². The van der Waals surface area contributed by atoms with E-state index in [0.29, 0.717) is 0 Å². The number of carbonyl (C=O) groups is 2. The van der Waals surface area contributed by atoms with Crippen molar-refractivity contribution < 1.29 is 19.1 Å². The van der Waals surface area contributed by atoms with Crippen LogP contribution >= 0.6 is 0 Å². The van der Waals surface area contributed by atoms with E-state index in [4.69, 9.17) is 9.47 Å². The van der Waals surface area contributed by atoms with Gasteiger partial charge in [-0.2, -0.15) is 0 Å². The maximum atomic E-state index is 12.0. The Labute approximate surface area is 146 Å². The summed E-state index contributed by atoms with van der Waals surface area (Å²) in [5.74, 6) is -1.13. The maximum absolute atomic E-state index is 12.0. The van der Waals surface area contributed by atoms with Crippen molar-refractivity contribution in [1.29, 1.82) is 0 Å². The van der Waals surface area contributed by atoms with E-state index in [1.54, 1.807) is 0 Å². The standard InChI is InChI=1S/C18H34N2O4/c1-13(19(7)8)17(3,4)23-15(21)11-12-16(22)24-18(5,6)14(2)20(9)10/h11-14H,1-10H3/b12-11+. The molecule has 0 spiro atoms. The predicted octanol–water partition coefficient (Wildman–Crippen LogP) is 2.09. The van der Waals surface area contributed by atoms with Crippen molar-refractivity contribution in [1.82, 2.24) is 9.80 Å². The van der Waals surface area contributed by atoms with Crippen LogP contribution in [0.2, 0.25) is 0 Å². The first-order valence-corrected chi connectivity index (χ1v) is 8.17. The molecule has 0 aromatic carbocycles. The Bertz CT molecular complexity index is 426. The molecule has 6 nitrogen and oxygen atoms in total. The average molecular weight is 342 g/mol. The third kappa shape index (κ3) is 7.01. The fraction of sp³-hybridized carbons (Fsp3) is 0.778. The highest BCUT2D eigenvalue weighted by Gasteiger charge is 2.32. The number of hydrogen-bond acceptors (Lipinski definition) is 6. The van der Waals surface area contributed by atoms with Gasteiger partial charge in [0.15, 0.2) is 0 Å². The Balaban J connectivity index is 4.74. The number of rotatable bonds is 8. The van der Waals surface area contributed by atoms with Gasteiger partial charge in [-0.05, 0) is 69.7 Å². The lowest BCUT2D eigenvalue weighted by Gasteiger charge is -2.35. The molecular formula is C18H34N2O4. The lowest BCUT2D eigenvalue weighted by molar-refractivity contribution is -0.158. The molecule has 0 aliphatic heterocycles. The van der Waals surface area contributed by atoms with Crippen LogP contribution < -0.4 is 0 Å². The summed E-state index contributed by atoms with van der Waals surface area (Å²) in [5, 5.41) is 0. The largest absolute Gasteiger partial charge is 0.455 e. The smallest absolute Gasteiger partial charge is 0.331 e. The van der Waals surface area contributed by atoms with E-state index in [2.05, 4.69) is 0 Å². The zero-order chi connectivity index (χ0) is 19.3. The molecule has 0 aliphatic rings. The van der Waals surface area contributed by atoms with Gasteiger partial charge < -0.3 is 19.3 Å². The molecule has 0 saturated carbocycles. The van der Waals surface area contributed by atoms with Gasteiger partial charge in [0.05, 0.1) is 0 Å². The van der Waals surface area contributed by atoms with Crippen molar-refractivity contribution in [2.75, 3.05) is 28.2 Å². The summed E-state index contributed by atoms with van der Waals surface area (Å²) in [6.45, 7) is 11.3. The minimum Gasteiger partial charge on any atom is -0.455 e. The van der Waals surface area contributed by atoms with E-state index in [-0.39, 0.29) is 12.1 Å². The van der Waals surface area contributed by atoms with E-state index in [1.807, 2.05) is 79.5 Å². The van der Waals surface area contributed by atoms with E-state index in [1.165, 1.54) is 0 Å². The highest BCUT2D eigenvalue weighted by atomic mass is 16.6. The third-order valence-corrected chi connectivity index (χ3v) is 4.64. The summed E-state index contributed by atoms with van der Waals surface area (Å²) in [7, 11) is 7.67. The summed E-state index contributed by atoms with van der Waals surface area (Å²) in [5.41, 5.74) is -1.35. The molecule has 0 N–H and O–H groups in total. The summed E-state index contributed by atoms with van der Waals surface area (Å²) >= 11 is 0. The molecule has 0 aromatic heterocycles. The van der Waals surface area contributed by atoms with Crippen molar-refractivity contribution in [3.63, 3.8) is 0 Å². The van der Waals surface area contributed by atoms with Crippen LogP contribution in [0.4, 0.5) is 0 Å². The number of nitrogens with zero attached hydrogens (tertiary/aromatic N) is 2. The molecule has 24 heavy (non-hydrogen) atoms. The number of esters is 2. The van der Waals surface area contributed by atoms with Crippen molar-refractivity contribution in [3.8, 4) is 0 Å². The van der Waals surface area contributed by atoms with Crippen molar-refractivity contribution in [2.24, 2.45) is 0 Å². The van der Waals surface area contributed by atoms with Gasteiger partial charge in [-0.3, -0.25) is 0 Å². The van der Waals surface area contributed by atoms with Crippen LogP contribution in [-0.2, 0) is 19.1 Å². The molecule has 140 valence electrons. The molecule has 6 heteroatoms. The molecule has 0 saturated heterocycles. The summed E-state index contributed by atoms with van der Waals surface area (Å²) in [4.78, 5) is 27.8. The Hall–Kier alpha value is -1.40. The first-order valence-electron chi connectivity index (χ1n) is 8.17. The maximum Gasteiger partial charge on any atom is 0.331 e. The van der Waals surface area contributed by atoms with Crippen LogP contribution in [0, 0.1) is 0 Å². The summed E-state index contributed by atoms with van der Waals surface area (Å²) in [6.07, 6.45) is 2.23. The fourth-order valence-corrected chi connectivity index (χ4v) is 2.14. The molecule has 0 bridgehead atoms. The topological polar surface area (TPSA) is 59.1 Å². The van der Waals surface area contributed by atoms with Gasteiger partial charge in [-0.25, -0.2) is 9.59 Å². The minimum absolute atomic E-state index is 0.0293. The molecule has 2 unspecified atom stereocenters. The average Bonchev–Trinajstić information content (AvgIpc) is 2.42. The molecule has 0 fully saturated rings. The third-order valence-electron chi connectivity index (χ3n) is 4.64. The lowest BCUT2D eigenvalue weighted by Crippen LogP contribution is -2.47. The molecule has 0 aliphatic carbocycles. The van der Waals surface area contributed by atoms with Crippen LogP contribution in [0.25, 0.3) is 0 Å². The van der Waals surface area contributed by atoms with Gasteiger partial charge in [-0.1, -0.05) is 0 Å². The summed E-state index contributed by atoms with van der Waals surface area (Å²) in [6, 6.07) is 0.0587. The van der Waals surface area contributed by atoms with E-state index in [0.717, 1.165) is 12.2 Å². The first-order chi connectivity index (χ1) is 10.7. The summed E-state index contributed by atoms with van der Waals surface area (Å²) < 4.78 is 10.9. The van der Waals surface area contributed by atoms with Gasteiger partial charge >= 0.3 is 11.9 Å². The van der Waals surface area contributed by atoms with Gasteiger partial charge in [0.2, 0.25) is 0 Å². The Kier molecular flexibility index (Phi) is 8.12. The second-order valence-corrected chi connectivity index (χ2v) is 7.66. The second-order valence-electron chi connectivity index (χ2n) is 7.66. The van der Waals surface area contributed by atoms with E-state index < -0.39 is 23.1 Å². The zero-order valence-corrected chi connectivity index (χ0v) is 16.8. The van der Waals surface area contributed by atoms with E-state index >= 15 is 0 Å². The number of carbonyl (C=O) groups excluding carboxylic acids is 2. The number of likely N-dealkylation sites (N-methyl/N-ethyl adjacent to an activating group) is 2. The van der Waals surface area contributed by atoms with Crippen molar-refractivity contribution in [2.45, 2.75) is 64.8 Å². The molecule has 0 heterocycles. The number of hydrogen-bond donors (Lipinski definition) is 0. The van der Waals surface area contributed by atoms with Gasteiger partial charge in [-0.15, -0.1) is 0 Å². The number of ether oxygens (including phenoxy) is 2. The Morgan fingerprint density at radius 2 is 1.00 bits per heavy atom. The lowest BCUT2D eigenvalue weighted by atomic mass is 9.99. The fourth-order valence-electron chi connectivity index (χ4n) is 2.14. The molecule has 0 radical (unpaired) electrons. The predicted molar refractivity (Wildman–Crippen MR) is 95.8 cm³/mol. The van der Waals surface area contributed by atoms with Crippen LogP contribution in [0.15, 0.2) is 12.2 Å². The van der Waals surface area contributed by atoms with Crippen LogP contribution in [0.3, 0.4) is 0 Å². The van der Waals surface area contributed by atoms with E-state index in [9.17, 15) is 9.59 Å². The zero-order valence-electron chi connectivity index (χ0n) is 16.8. The van der Waals surface area contributed by atoms with Crippen molar-refractivity contribution >= 4 is 11.9 Å². The SMILES string of the molecule is CC(N(C)C)C(C)(C)OC(=O)/C=C/C(=O)OC(C)(C)C(C)N(C)C. The quantitative estimate of drug-likeness (QED) is 0.497. The highest BCUT2D eigenvalue weighted by molar-refractivity contribution is 5.92. The van der Waals surface area contributed by atoms with Gasteiger partial charge in [0.1, 0.15) is 11.2 Å². The van der Waals surface area contributed by atoms with Crippen LogP contribution in [0.1, 0.15) is 41.5 Å². The van der Waals surface area contributed by atoms with Gasteiger partial charge in [0, 0.05) is 24.2 Å². The van der Waals surface area contributed by atoms with Gasteiger partial charge in [0.25, 0.3) is 0 Å². The molecule has 0 aromatic rings. The first kappa shape index (κ1) is 22.6. The highest BCUT2D eigenvalue weighted by Crippen LogP contribution is 2.20. The van der Waals surface area contributed by atoms with Crippen LogP contribution in [-0.4, -0.2) is 73.2 Å². The Morgan fingerprint density at radius 1 is 0.750 bits per heavy atom. The second kappa shape index (κ2) is 8.62. The molecule has 2 atom stereocenters.